The minimum Gasteiger partial charge on any atom is -0.480 e. The number of anilines is 1. The molecule has 0 unspecified atom stereocenters. The van der Waals surface area contributed by atoms with Crippen LogP contribution in [0.15, 0.2) is 18.2 Å². The first-order chi connectivity index (χ1) is 9.34. The first-order valence-electron chi connectivity index (χ1n) is 6.43. The molecule has 1 rings (SSSR count). The molecule has 0 heterocycles. The zero-order chi connectivity index (χ0) is 15.3. The molecule has 0 spiro atoms. The van der Waals surface area contributed by atoms with Crippen molar-refractivity contribution in [2.45, 2.75) is 39.2 Å². The Labute approximate surface area is 117 Å². The summed E-state index contributed by atoms with van der Waals surface area (Å²) < 4.78 is 13.6. The molecule has 2 amide bonds. The van der Waals surface area contributed by atoms with Gasteiger partial charge in [0.05, 0.1) is 5.69 Å². The van der Waals surface area contributed by atoms with E-state index in [-0.39, 0.29) is 18.5 Å². The standard InChI is InChI=1S/C14H19FN2O3/c1-4-14(5-2,12(18)19)17-13(20)16-11-7-6-9(3)8-10(11)15/h6-8H,4-5H2,1-3H3,(H,18,19)(H2,16,17,20). The molecule has 20 heavy (non-hydrogen) atoms. The molecule has 0 aliphatic rings. The number of aryl methyl sites for hydroxylation is 1. The molecular weight excluding hydrogens is 263 g/mol. The molecular formula is C14H19FN2O3. The zero-order valence-electron chi connectivity index (χ0n) is 11.8. The van der Waals surface area contributed by atoms with Gasteiger partial charge in [-0.05, 0) is 37.5 Å². The summed E-state index contributed by atoms with van der Waals surface area (Å²) in [5.41, 5.74) is -0.597. The number of carboxylic acids is 1. The summed E-state index contributed by atoms with van der Waals surface area (Å²) >= 11 is 0. The number of urea groups is 1. The van der Waals surface area contributed by atoms with Crippen LogP contribution in [0.25, 0.3) is 0 Å². The third-order valence-electron chi connectivity index (χ3n) is 3.34. The number of carbonyl (C=O) groups is 2. The van der Waals surface area contributed by atoms with Crippen LogP contribution in [-0.2, 0) is 4.79 Å². The van der Waals surface area contributed by atoms with Gasteiger partial charge in [0.25, 0.3) is 0 Å². The van der Waals surface area contributed by atoms with Crippen molar-refractivity contribution in [2.75, 3.05) is 5.32 Å². The highest BCUT2D eigenvalue weighted by Gasteiger charge is 2.36. The lowest BCUT2D eigenvalue weighted by atomic mass is 9.93. The first-order valence-corrected chi connectivity index (χ1v) is 6.43. The second-order valence-electron chi connectivity index (χ2n) is 4.66. The number of halogens is 1. The molecule has 0 aliphatic heterocycles. The summed E-state index contributed by atoms with van der Waals surface area (Å²) in [5, 5.41) is 13.9. The van der Waals surface area contributed by atoms with Crippen LogP contribution in [0.3, 0.4) is 0 Å². The topological polar surface area (TPSA) is 78.4 Å². The number of carbonyl (C=O) groups excluding carboxylic acids is 1. The van der Waals surface area contributed by atoms with Gasteiger partial charge < -0.3 is 15.7 Å². The number of carboxylic acid groups (broad SMARTS) is 1. The highest BCUT2D eigenvalue weighted by molar-refractivity contribution is 5.94. The molecule has 0 aromatic heterocycles. The van der Waals surface area contributed by atoms with E-state index in [4.69, 9.17) is 0 Å². The van der Waals surface area contributed by atoms with E-state index < -0.39 is 23.4 Å². The first kappa shape index (κ1) is 15.9. The molecule has 6 heteroatoms. The molecule has 0 bridgehead atoms. The van der Waals surface area contributed by atoms with Gasteiger partial charge in [0.2, 0.25) is 0 Å². The number of rotatable bonds is 5. The van der Waals surface area contributed by atoms with Gasteiger partial charge in [0, 0.05) is 0 Å². The second-order valence-corrected chi connectivity index (χ2v) is 4.66. The van der Waals surface area contributed by atoms with E-state index in [1.54, 1.807) is 26.8 Å². The van der Waals surface area contributed by atoms with E-state index >= 15 is 0 Å². The van der Waals surface area contributed by atoms with Gasteiger partial charge in [-0.3, -0.25) is 0 Å². The molecule has 1 aromatic rings. The van der Waals surface area contributed by atoms with Crippen LogP contribution in [0.4, 0.5) is 14.9 Å². The maximum absolute atomic E-state index is 13.6. The molecule has 0 atom stereocenters. The van der Waals surface area contributed by atoms with Gasteiger partial charge in [-0.15, -0.1) is 0 Å². The van der Waals surface area contributed by atoms with Crippen molar-refractivity contribution in [3.63, 3.8) is 0 Å². The van der Waals surface area contributed by atoms with E-state index in [2.05, 4.69) is 10.6 Å². The largest absolute Gasteiger partial charge is 0.480 e. The van der Waals surface area contributed by atoms with Crippen molar-refractivity contribution in [3.05, 3.63) is 29.6 Å². The molecule has 3 N–H and O–H groups in total. The number of hydrogen-bond acceptors (Lipinski definition) is 2. The van der Waals surface area contributed by atoms with Gasteiger partial charge in [-0.2, -0.15) is 0 Å². The van der Waals surface area contributed by atoms with Crippen molar-refractivity contribution in [3.8, 4) is 0 Å². The number of aliphatic carboxylic acids is 1. The number of nitrogens with one attached hydrogen (secondary N) is 2. The van der Waals surface area contributed by atoms with Crippen LogP contribution in [0, 0.1) is 12.7 Å². The maximum atomic E-state index is 13.6. The third kappa shape index (κ3) is 3.46. The van der Waals surface area contributed by atoms with Gasteiger partial charge >= 0.3 is 12.0 Å². The van der Waals surface area contributed by atoms with Crippen LogP contribution in [0.1, 0.15) is 32.3 Å². The van der Waals surface area contributed by atoms with Gasteiger partial charge in [-0.1, -0.05) is 19.9 Å². The van der Waals surface area contributed by atoms with Crippen LogP contribution in [0.5, 0.6) is 0 Å². The fourth-order valence-electron chi connectivity index (χ4n) is 1.88. The average molecular weight is 282 g/mol. The Kier molecular flexibility index (Phi) is 5.07. The predicted octanol–water partition coefficient (Wildman–Crippen LogP) is 2.90. The Hall–Kier alpha value is -2.11. The SMILES string of the molecule is CCC(CC)(NC(=O)Nc1ccc(C)cc1F)C(=O)O. The summed E-state index contributed by atoms with van der Waals surface area (Å²) in [4.78, 5) is 23.1. The van der Waals surface area contributed by atoms with Crippen molar-refractivity contribution >= 4 is 17.7 Å². The van der Waals surface area contributed by atoms with E-state index in [0.29, 0.717) is 0 Å². The lowest BCUT2D eigenvalue weighted by molar-refractivity contribution is -0.144. The van der Waals surface area contributed by atoms with E-state index in [0.717, 1.165) is 5.56 Å². The van der Waals surface area contributed by atoms with Crippen molar-refractivity contribution < 1.29 is 19.1 Å². The van der Waals surface area contributed by atoms with Gasteiger partial charge in [-0.25, -0.2) is 14.0 Å². The Morgan fingerprint density at radius 3 is 2.35 bits per heavy atom. The third-order valence-corrected chi connectivity index (χ3v) is 3.34. The summed E-state index contributed by atoms with van der Waals surface area (Å²) in [6.07, 6.45) is 0.477. The second kappa shape index (κ2) is 6.36. The Balaban J connectivity index is 2.83. The average Bonchev–Trinajstić information content (AvgIpc) is 2.39. The molecule has 0 saturated carbocycles. The van der Waals surface area contributed by atoms with Crippen LogP contribution >= 0.6 is 0 Å². The fraction of sp³-hybridized carbons (Fsp3) is 0.429. The van der Waals surface area contributed by atoms with Crippen LogP contribution in [0.2, 0.25) is 0 Å². The van der Waals surface area contributed by atoms with E-state index in [1.807, 2.05) is 0 Å². The molecule has 0 fully saturated rings. The minimum absolute atomic E-state index is 0.0135. The normalized spacial score (nSPS) is 11.0. The van der Waals surface area contributed by atoms with Gasteiger partial charge in [0.15, 0.2) is 0 Å². The number of amides is 2. The summed E-state index contributed by atoms with van der Waals surface area (Å²) in [6.45, 7) is 5.07. The number of hydrogen-bond donors (Lipinski definition) is 3. The minimum atomic E-state index is -1.34. The molecule has 5 nitrogen and oxygen atoms in total. The Bertz CT molecular complexity index is 513. The highest BCUT2D eigenvalue weighted by Crippen LogP contribution is 2.18. The van der Waals surface area contributed by atoms with Crippen molar-refractivity contribution in [1.82, 2.24) is 5.32 Å². The Morgan fingerprint density at radius 1 is 1.30 bits per heavy atom. The van der Waals surface area contributed by atoms with E-state index in [1.165, 1.54) is 12.1 Å². The molecule has 0 aliphatic carbocycles. The van der Waals surface area contributed by atoms with Crippen LogP contribution in [-0.4, -0.2) is 22.6 Å². The van der Waals surface area contributed by atoms with Gasteiger partial charge in [0.1, 0.15) is 11.4 Å². The zero-order valence-corrected chi connectivity index (χ0v) is 11.8. The van der Waals surface area contributed by atoms with E-state index in [9.17, 15) is 19.1 Å². The summed E-state index contributed by atoms with van der Waals surface area (Å²) in [6, 6.07) is 3.64. The molecule has 0 saturated heterocycles. The highest BCUT2D eigenvalue weighted by atomic mass is 19.1. The Morgan fingerprint density at radius 2 is 1.90 bits per heavy atom. The van der Waals surface area contributed by atoms with Crippen LogP contribution < -0.4 is 10.6 Å². The summed E-state index contributed by atoms with van der Waals surface area (Å²) in [5.74, 6) is -1.67. The molecule has 1 aromatic carbocycles. The molecule has 0 radical (unpaired) electrons. The lowest BCUT2D eigenvalue weighted by Crippen LogP contribution is -2.55. The quantitative estimate of drug-likeness (QED) is 0.777. The van der Waals surface area contributed by atoms with Crippen molar-refractivity contribution in [1.29, 1.82) is 0 Å². The molecule has 110 valence electrons. The predicted molar refractivity (Wildman–Crippen MR) is 74.2 cm³/mol. The lowest BCUT2D eigenvalue weighted by Gasteiger charge is -2.28. The fourth-order valence-corrected chi connectivity index (χ4v) is 1.88. The monoisotopic (exact) mass is 282 g/mol. The summed E-state index contributed by atoms with van der Waals surface area (Å²) in [7, 11) is 0. The maximum Gasteiger partial charge on any atom is 0.329 e. The smallest absolute Gasteiger partial charge is 0.329 e. The van der Waals surface area contributed by atoms with Crippen molar-refractivity contribution in [2.24, 2.45) is 0 Å². The number of benzene rings is 1.